The number of rotatable bonds is 6. The van der Waals surface area contributed by atoms with E-state index in [2.05, 4.69) is 46.6 Å². The van der Waals surface area contributed by atoms with Gasteiger partial charge >= 0.3 is 0 Å². The molecule has 2 N–H and O–H groups in total. The second kappa shape index (κ2) is 9.29. The van der Waals surface area contributed by atoms with Crippen LogP contribution in [0.5, 0.6) is 5.75 Å². The second-order valence-corrected chi connectivity index (χ2v) is 8.59. The average molecular weight is 395 g/mol. The molecule has 4 nitrogen and oxygen atoms in total. The third kappa shape index (κ3) is 4.66. The molecular formula is C25H34N2O2. The van der Waals surface area contributed by atoms with Gasteiger partial charge < -0.3 is 20.1 Å². The van der Waals surface area contributed by atoms with Gasteiger partial charge in [-0.2, -0.15) is 0 Å². The molecule has 1 unspecified atom stereocenters. The van der Waals surface area contributed by atoms with Crippen LogP contribution in [0, 0.1) is 0 Å². The Kier molecular flexibility index (Phi) is 6.53. The summed E-state index contributed by atoms with van der Waals surface area (Å²) in [6.07, 6.45) is 5.28. The van der Waals surface area contributed by atoms with E-state index in [0.29, 0.717) is 0 Å². The van der Waals surface area contributed by atoms with E-state index in [9.17, 15) is 5.11 Å². The van der Waals surface area contributed by atoms with Crippen molar-refractivity contribution in [1.82, 2.24) is 10.2 Å². The lowest BCUT2D eigenvalue weighted by Gasteiger charge is -2.43. The van der Waals surface area contributed by atoms with Crippen molar-refractivity contribution in [2.45, 2.75) is 43.6 Å². The standard InChI is InChI=1S/C25H34N2O2/c1-29-21-9-7-8-20(18-21)22-10-3-4-11-23(22)24(19-27-16-14-26-15-17-27)25(28)12-5-2-6-13-25/h3-4,7-11,18,24,26,28H,2,5-6,12-17,19H2,1H3. The predicted molar refractivity (Wildman–Crippen MR) is 119 cm³/mol. The van der Waals surface area contributed by atoms with Crippen LogP contribution >= 0.6 is 0 Å². The molecule has 0 amide bonds. The third-order valence-electron chi connectivity index (χ3n) is 6.74. The first-order valence-electron chi connectivity index (χ1n) is 11.1. The Balaban J connectivity index is 1.73. The predicted octanol–water partition coefficient (Wildman–Crippen LogP) is 4.05. The van der Waals surface area contributed by atoms with E-state index < -0.39 is 5.60 Å². The van der Waals surface area contributed by atoms with E-state index in [4.69, 9.17) is 4.74 Å². The highest BCUT2D eigenvalue weighted by molar-refractivity contribution is 5.69. The van der Waals surface area contributed by atoms with Crippen LogP contribution in [0.4, 0.5) is 0 Å². The molecule has 0 spiro atoms. The number of benzene rings is 2. The van der Waals surface area contributed by atoms with Gasteiger partial charge in [0.25, 0.3) is 0 Å². The Morgan fingerprint density at radius 1 is 1.03 bits per heavy atom. The van der Waals surface area contributed by atoms with E-state index in [1.165, 1.54) is 17.5 Å². The summed E-state index contributed by atoms with van der Waals surface area (Å²) < 4.78 is 5.47. The Morgan fingerprint density at radius 2 is 1.79 bits per heavy atom. The van der Waals surface area contributed by atoms with Gasteiger partial charge in [0, 0.05) is 38.6 Å². The van der Waals surface area contributed by atoms with Crippen LogP contribution in [0.2, 0.25) is 0 Å². The van der Waals surface area contributed by atoms with Crippen LogP contribution in [0.25, 0.3) is 11.1 Å². The molecule has 156 valence electrons. The van der Waals surface area contributed by atoms with Crippen molar-refractivity contribution < 1.29 is 9.84 Å². The van der Waals surface area contributed by atoms with Crippen LogP contribution in [0.1, 0.15) is 43.6 Å². The Labute approximate surface area is 174 Å². The molecule has 4 rings (SSSR count). The molecule has 2 fully saturated rings. The lowest BCUT2D eigenvalue weighted by atomic mass is 9.71. The Bertz CT molecular complexity index is 795. The molecule has 2 aromatic carbocycles. The largest absolute Gasteiger partial charge is 0.497 e. The molecule has 0 radical (unpaired) electrons. The minimum absolute atomic E-state index is 0.114. The first kappa shape index (κ1) is 20.4. The summed E-state index contributed by atoms with van der Waals surface area (Å²) in [6, 6.07) is 16.9. The highest BCUT2D eigenvalue weighted by atomic mass is 16.5. The molecule has 1 aliphatic heterocycles. The topological polar surface area (TPSA) is 44.7 Å². The minimum atomic E-state index is -0.627. The molecule has 1 atom stereocenters. The van der Waals surface area contributed by atoms with Crippen molar-refractivity contribution in [2.24, 2.45) is 0 Å². The van der Waals surface area contributed by atoms with Crippen LogP contribution in [0.15, 0.2) is 48.5 Å². The van der Waals surface area contributed by atoms with Gasteiger partial charge in [0.05, 0.1) is 12.7 Å². The van der Waals surface area contributed by atoms with Crippen molar-refractivity contribution in [3.8, 4) is 16.9 Å². The highest BCUT2D eigenvalue weighted by Gasteiger charge is 2.40. The zero-order valence-corrected chi connectivity index (χ0v) is 17.6. The van der Waals surface area contributed by atoms with Gasteiger partial charge in [0.2, 0.25) is 0 Å². The zero-order chi connectivity index (χ0) is 20.1. The lowest BCUT2D eigenvalue weighted by molar-refractivity contribution is -0.0315. The number of hydrogen-bond donors (Lipinski definition) is 2. The minimum Gasteiger partial charge on any atom is -0.497 e. The number of nitrogens with zero attached hydrogens (tertiary/aromatic N) is 1. The number of methoxy groups -OCH3 is 1. The van der Waals surface area contributed by atoms with E-state index in [1.54, 1.807) is 7.11 Å². The van der Waals surface area contributed by atoms with E-state index in [0.717, 1.165) is 69.7 Å². The zero-order valence-electron chi connectivity index (χ0n) is 17.6. The molecule has 1 saturated heterocycles. The van der Waals surface area contributed by atoms with Gasteiger partial charge in [-0.05, 0) is 41.7 Å². The van der Waals surface area contributed by atoms with Gasteiger partial charge in [-0.1, -0.05) is 55.7 Å². The van der Waals surface area contributed by atoms with Crippen molar-refractivity contribution >= 4 is 0 Å². The second-order valence-electron chi connectivity index (χ2n) is 8.59. The van der Waals surface area contributed by atoms with Crippen molar-refractivity contribution in [3.05, 3.63) is 54.1 Å². The maximum atomic E-state index is 11.8. The molecule has 4 heteroatoms. The third-order valence-corrected chi connectivity index (χ3v) is 6.74. The van der Waals surface area contributed by atoms with Crippen LogP contribution in [-0.4, -0.2) is 55.4 Å². The van der Waals surface area contributed by atoms with Gasteiger partial charge in [0.15, 0.2) is 0 Å². The summed E-state index contributed by atoms with van der Waals surface area (Å²) in [5.74, 6) is 0.982. The molecular weight excluding hydrogens is 360 g/mol. The molecule has 2 aliphatic rings. The summed E-state index contributed by atoms with van der Waals surface area (Å²) in [6.45, 7) is 5.08. The lowest BCUT2D eigenvalue weighted by Crippen LogP contribution is -2.49. The normalized spacial score (nSPS) is 20.9. The fourth-order valence-electron chi connectivity index (χ4n) is 5.08. The summed E-state index contributed by atoms with van der Waals surface area (Å²) in [4.78, 5) is 2.52. The molecule has 0 bridgehead atoms. The summed E-state index contributed by atoms with van der Waals surface area (Å²) >= 11 is 0. The number of ether oxygens (including phenoxy) is 1. The summed E-state index contributed by atoms with van der Waals surface area (Å²) in [5, 5.41) is 15.3. The first-order chi connectivity index (χ1) is 14.2. The van der Waals surface area contributed by atoms with E-state index in [1.807, 2.05) is 12.1 Å². The Morgan fingerprint density at radius 3 is 2.55 bits per heavy atom. The van der Waals surface area contributed by atoms with Crippen molar-refractivity contribution in [3.63, 3.8) is 0 Å². The molecule has 2 aromatic rings. The number of piperazine rings is 1. The quantitative estimate of drug-likeness (QED) is 0.776. The number of hydrogen-bond acceptors (Lipinski definition) is 4. The van der Waals surface area contributed by atoms with Crippen LogP contribution < -0.4 is 10.1 Å². The fourth-order valence-corrected chi connectivity index (χ4v) is 5.08. The fraction of sp³-hybridized carbons (Fsp3) is 0.520. The molecule has 1 heterocycles. The van der Waals surface area contributed by atoms with E-state index in [-0.39, 0.29) is 5.92 Å². The van der Waals surface area contributed by atoms with Crippen LogP contribution in [-0.2, 0) is 0 Å². The smallest absolute Gasteiger partial charge is 0.119 e. The van der Waals surface area contributed by atoms with Crippen molar-refractivity contribution in [2.75, 3.05) is 39.8 Å². The first-order valence-corrected chi connectivity index (χ1v) is 11.1. The van der Waals surface area contributed by atoms with Gasteiger partial charge in [-0.25, -0.2) is 0 Å². The molecule has 1 saturated carbocycles. The summed E-state index contributed by atoms with van der Waals surface area (Å²) in [5.41, 5.74) is 3.01. The molecule has 1 aliphatic carbocycles. The van der Waals surface area contributed by atoms with Gasteiger partial charge in [-0.3, -0.25) is 0 Å². The monoisotopic (exact) mass is 394 g/mol. The highest BCUT2D eigenvalue weighted by Crippen LogP contribution is 2.43. The molecule has 0 aromatic heterocycles. The van der Waals surface area contributed by atoms with Gasteiger partial charge in [-0.15, -0.1) is 0 Å². The number of nitrogens with one attached hydrogen (secondary N) is 1. The number of aliphatic hydroxyl groups is 1. The van der Waals surface area contributed by atoms with Crippen molar-refractivity contribution in [1.29, 1.82) is 0 Å². The van der Waals surface area contributed by atoms with Crippen LogP contribution in [0.3, 0.4) is 0 Å². The maximum Gasteiger partial charge on any atom is 0.119 e. The summed E-state index contributed by atoms with van der Waals surface area (Å²) in [7, 11) is 1.71. The Hall–Kier alpha value is -1.88. The van der Waals surface area contributed by atoms with E-state index >= 15 is 0 Å². The SMILES string of the molecule is COc1cccc(-c2ccccc2C(CN2CCNCC2)C2(O)CCCCC2)c1. The molecule has 29 heavy (non-hydrogen) atoms. The average Bonchev–Trinajstić information content (AvgIpc) is 2.79. The van der Waals surface area contributed by atoms with Gasteiger partial charge in [0.1, 0.15) is 5.75 Å². The maximum absolute atomic E-state index is 11.8.